The Balaban J connectivity index is 2.55. The third-order valence-corrected chi connectivity index (χ3v) is 2.53. The van der Waals surface area contributed by atoms with Gasteiger partial charge in [-0.25, -0.2) is 9.97 Å². The fraction of sp³-hybridized carbons (Fsp3) is 0.111. The predicted molar refractivity (Wildman–Crippen MR) is 50.1 cm³/mol. The number of rotatable bonds is 1. The molecule has 0 aromatic carbocycles. The van der Waals surface area contributed by atoms with Crippen molar-refractivity contribution in [3.8, 4) is 10.6 Å². The summed E-state index contributed by atoms with van der Waals surface area (Å²) >= 11 is 1.70. The van der Waals surface area contributed by atoms with Gasteiger partial charge in [0.25, 0.3) is 0 Å². The van der Waals surface area contributed by atoms with E-state index in [0.717, 1.165) is 11.3 Å². The first-order valence-corrected chi connectivity index (χ1v) is 4.56. The van der Waals surface area contributed by atoms with Crippen LogP contribution in [-0.4, -0.2) is 9.97 Å². The van der Waals surface area contributed by atoms with Gasteiger partial charge < -0.3 is 0 Å². The molecule has 0 spiro atoms. The molecule has 12 heavy (non-hydrogen) atoms. The molecule has 0 saturated heterocycles. The molecule has 0 bridgehead atoms. The molecule has 0 fully saturated rings. The molecule has 0 radical (unpaired) electrons. The second kappa shape index (κ2) is 3.03. The monoisotopic (exact) mass is 176 g/mol. The van der Waals surface area contributed by atoms with Crippen LogP contribution < -0.4 is 0 Å². The van der Waals surface area contributed by atoms with Gasteiger partial charge in [-0.15, -0.1) is 11.3 Å². The SMILES string of the molecule is Cc1cncnc1-c1cccs1. The van der Waals surface area contributed by atoms with Crippen LogP contribution in [0.2, 0.25) is 0 Å². The van der Waals surface area contributed by atoms with Gasteiger partial charge in [-0.05, 0) is 23.9 Å². The van der Waals surface area contributed by atoms with E-state index in [-0.39, 0.29) is 0 Å². The molecule has 0 saturated carbocycles. The molecule has 0 aliphatic heterocycles. The Morgan fingerprint density at radius 1 is 1.42 bits per heavy atom. The summed E-state index contributed by atoms with van der Waals surface area (Å²) in [5.74, 6) is 0. The van der Waals surface area contributed by atoms with E-state index in [0.29, 0.717) is 0 Å². The maximum atomic E-state index is 4.22. The lowest BCUT2D eigenvalue weighted by atomic mass is 10.2. The number of nitrogens with zero attached hydrogens (tertiary/aromatic N) is 2. The van der Waals surface area contributed by atoms with E-state index < -0.39 is 0 Å². The number of aryl methyl sites for hydroxylation is 1. The minimum absolute atomic E-state index is 1.04. The van der Waals surface area contributed by atoms with Gasteiger partial charge in [0.2, 0.25) is 0 Å². The maximum Gasteiger partial charge on any atom is 0.116 e. The van der Waals surface area contributed by atoms with Crippen molar-refractivity contribution in [1.29, 1.82) is 0 Å². The summed E-state index contributed by atoms with van der Waals surface area (Å²) < 4.78 is 0. The summed E-state index contributed by atoms with van der Waals surface area (Å²) in [7, 11) is 0. The number of hydrogen-bond donors (Lipinski definition) is 0. The van der Waals surface area contributed by atoms with Crippen LogP contribution in [0, 0.1) is 6.92 Å². The molecular weight excluding hydrogens is 168 g/mol. The third kappa shape index (κ3) is 1.23. The average Bonchev–Trinajstić information content (AvgIpc) is 2.57. The molecule has 60 valence electrons. The molecule has 2 aromatic rings. The largest absolute Gasteiger partial charge is 0.245 e. The van der Waals surface area contributed by atoms with Gasteiger partial charge in [0, 0.05) is 6.20 Å². The molecule has 2 aromatic heterocycles. The highest BCUT2D eigenvalue weighted by Crippen LogP contribution is 2.24. The van der Waals surface area contributed by atoms with Crippen molar-refractivity contribution in [2.75, 3.05) is 0 Å². The van der Waals surface area contributed by atoms with Gasteiger partial charge in [-0.3, -0.25) is 0 Å². The molecule has 0 aliphatic carbocycles. The minimum Gasteiger partial charge on any atom is -0.245 e. The van der Waals surface area contributed by atoms with Crippen molar-refractivity contribution >= 4 is 11.3 Å². The Bertz CT molecular complexity index is 368. The zero-order valence-electron chi connectivity index (χ0n) is 6.69. The van der Waals surface area contributed by atoms with E-state index >= 15 is 0 Å². The molecule has 2 nitrogen and oxygen atoms in total. The first kappa shape index (κ1) is 7.43. The van der Waals surface area contributed by atoms with Crippen molar-refractivity contribution < 1.29 is 0 Å². The fourth-order valence-electron chi connectivity index (χ4n) is 1.07. The summed E-state index contributed by atoms with van der Waals surface area (Å²) in [4.78, 5) is 9.37. The van der Waals surface area contributed by atoms with Gasteiger partial charge in [0.05, 0.1) is 10.6 Å². The normalized spacial score (nSPS) is 10.1. The summed E-state index contributed by atoms with van der Waals surface area (Å²) in [6.45, 7) is 2.02. The van der Waals surface area contributed by atoms with E-state index in [2.05, 4.69) is 21.4 Å². The Morgan fingerprint density at radius 3 is 3.00 bits per heavy atom. The number of aromatic nitrogens is 2. The molecule has 0 atom stereocenters. The van der Waals surface area contributed by atoms with Crippen molar-refractivity contribution in [2.24, 2.45) is 0 Å². The first-order chi connectivity index (χ1) is 5.88. The van der Waals surface area contributed by atoms with Crippen LogP contribution in [0.5, 0.6) is 0 Å². The molecule has 0 aliphatic rings. The molecule has 2 rings (SSSR count). The average molecular weight is 176 g/mol. The van der Waals surface area contributed by atoms with Crippen LogP contribution in [-0.2, 0) is 0 Å². The Kier molecular flexibility index (Phi) is 1.87. The van der Waals surface area contributed by atoms with E-state index in [1.165, 1.54) is 4.88 Å². The molecule has 2 heterocycles. The zero-order valence-corrected chi connectivity index (χ0v) is 7.51. The zero-order chi connectivity index (χ0) is 8.39. The lowest BCUT2D eigenvalue weighted by Crippen LogP contribution is -1.86. The highest BCUT2D eigenvalue weighted by Gasteiger charge is 2.02. The smallest absolute Gasteiger partial charge is 0.116 e. The van der Waals surface area contributed by atoms with E-state index in [1.807, 2.05) is 19.2 Å². The fourth-order valence-corrected chi connectivity index (χ4v) is 1.86. The van der Waals surface area contributed by atoms with Gasteiger partial charge in [-0.2, -0.15) is 0 Å². The minimum atomic E-state index is 1.04. The van der Waals surface area contributed by atoms with Crippen LogP contribution in [0.3, 0.4) is 0 Å². The number of thiophene rings is 1. The number of hydrogen-bond acceptors (Lipinski definition) is 3. The summed E-state index contributed by atoms with van der Waals surface area (Å²) in [5.41, 5.74) is 2.17. The van der Waals surface area contributed by atoms with Crippen molar-refractivity contribution in [3.63, 3.8) is 0 Å². The van der Waals surface area contributed by atoms with Crippen LogP contribution in [0.15, 0.2) is 30.0 Å². The Labute approximate surface area is 74.9 Å². The van der Waals surface area contributed by atoms with E-state index in [4.69, 9.17) is 0 Å². The molecule has 0 N–H and O–H groups in total. The van der Waals surface area contributed by atoms with Gasteiger partial charge >= 0.3 is 0 Å². The van der Waals surface area contributed by atoms with Crippen LogP contribution >= 0.6 is 11.3 Å². The highest BCUT2D eigenvalue weighted by atomic mass is 32.1. The summed E-state index contributed by atoms with van der Waals surface area (Å²) in [6, 6.07) is 4.10. The second-order valence-corrected chi connectivity index (χ2v) is 3.48. The van der Waals surface area contributed by atoms with Crippen molar-refractivity contribution in [3.05, 3.63) is 35.6 Å². The summed E-state index contributed by atoms with van der Waals surface area (Å²) in [6.07, 6.45) is 3.42. The molecule has 0 unspecified atom stereocenters. The Morgan fingerprint density at radius 2 is 2.33 bits per heavy atom. The lowest BCUT2D eigenvalue weighted by Gasteiger charge is -1.98. The van der Waals surface area contributed by atoms with Crippen LogP contribution in [0.25, 0.3) is 10.6 Å². The van der Waals surface area contributed by atoms with E-state index in [1.54, 1.807) is 17.7 Å². The van der Waals surface area contributed by atoms with Crippen LogP contribution in [0.4, 0.5) is 0 Å². The van der Waals surface area contributed by atoms with Crippen molar-refractivity contribution in [2.45, 2.75) is 6.92 Å². The molecular formula is C9H8N2S. The first-order valence-electron chi connectivity index (χ1n) is 3.68. The lowest BCUT2D eigenvalue weighted by molar-refractivity contribution is 1.14. The molecule has 3 heteroatoms. The quantitative estimate of drug-likeness (QED) is 0.667. The molecule has 0 amide bonds. The van der Waals surface area contributed by atoms with E-state index in [9.17, 15) is 0 Å². The predicted octanol–water partition coefficient (Wildman–Crippen LogP) is 2.51. The topological polar surface area (TPSA) is 25.8 Å². The summed E-state index contributed by atoms with van der Waals surface area (Å²) in [5, 5.41) is 2.05. The third-order valence-electron chi connectivity index (χ3n) is 1.65. The van der Waals surface area contributed by atoms with Gasteiger partial charge in [0.1, 0.15) is 6.33 Å². The second-order valence-electron chi connectivity index (χ2n) is 2.53. The van der Waals surface area contributed by atoms with Gasteiger partial charge in [-0.1, -0.05) is 6.07 Å². The van der Waals surface area contributed by atoms with Crippen LogP contribution in [0.1, 0.15) is 5.56 Å². The van der Waals surface area contributed by atoms with Gasteiger partial charge in [0.15, 0.2) is 0 Å². The van der Waals surface area contributed by atoms with Crippen molar-refractivity contribution in [1.82, 2.24) is 9.97 Å². The Hall–Kier alpha value is -1.22. The maximum absolute atomic E-state index is 4.22. The highest BCUT2D eigenvalue weighted by molar-refractivity contribution is 7.13. The standard InChI is InChI=1S/C9H8N2S/c1-7-5-10-6-11-9(7)8-3-2-4-12-8/h2-6H,1H3.